The van der Waals surface area contributed by atoms with Crippen LogP contribution in [0, 0.1) is 10.8 Å². The van der Waals surface area contributed by atoms with Crippen molar-refractivity contribution in [1.29, 1.82) is 5.41 Å². The number of halogens is 3. The molecule has 0 saturated carbocycles. The van der Waals surface area contributed by atoms with Gasteiger partial charge in [0.2, 0.25) is 0 Å². The fraction of sp³-hybridized carbons (Fsp3) is 0.917. The summed E-state index contributed by atoms with van der Waals surface area (Å²) in [6.07, 6.45) is -3.36. The fourth-order valence-corrected chi connectivity index (χ4v) is 2.00. The van der Waals surface area contributed by atoms with E-state index in [2.05, 4.69) is 4.90 Å². The summed E-state index contributed by atoms with van der Waals surface area (Å²) < 4.78 is 36.7. The summed E-state index contributed by atoms with van der Waals surface area (Å²) in [6, 6.07) is 0. The van der Waals surface area contributed by atoms with Crippen molar-refractivity contribution in [2.75, 3.05) is 39.3 Å². The van der Waals surface area contributed by atoms with Crippen molar-refractivity contribution in [2.24, 2.45) is 11.1 Å². The first-order chi connectivity index (χ1) is 8.60. The molecular formula is C12H23F3N4. The van der Waals surface area contributed by atoms with Crippen molar-refractivity contribution >= 4 is 5.84 Å². The molecule has 1 fully saturated rings. The van der Waals surface area contributed by atoms with E-state index in [1.165, 1.54) is 4.90 Å². The molecule has 7 heteroatoms. The topological polar surface area (TPSA) is 56.4 Å². The second-order valence-electron chi connectivity index (χ2n) is 5.78. The molecule has 0 amide bonds. The molecule has 19 heavy (non-hydrogen) atoms. The first-order valence-corrected chi connectivity index (χ1v) is 6.46. The first kappa shape index (κ1) is 16.2. The number of hydrogen-bond acceptors (Lipinski definition) is 3. The molecule has 0 aromatic carbocycles. The molecule has 0 unspecified atom stereocenters. The van der Waals surface area contributed by atoms with Crippen LogP contribution in [0.25, 0.3) is 0 Å². The van der Waals surface area contributed by atoms with Crippen molar-refractivity contribution in [3.8, 4) is 0 Å². The van der Waals surface area contributed by atoms with Crippen LogP contribution in [0.3, 0.4) is 0 Å². The molecule has 0 bridgehead atoms. The maximum Gasteiger partial charge on any atom is 0.401 e. The van der Waals surface area contributed by atoms with E-state index < -0.39 is 12.7 Å². The molecule has 112 valence electrons. The zero-order valence-electron chi connectivity index (χ0n) is 11.6. The average Bonchev–Trinajstić information content (AvgIpc) is 2.26. The Morgan fingerprint density at radius 1 is 1.11 bits per heavy atom. The van der Waals surface area contributed by atoms with Gasteiger partial charge in [-0.05, 0) is 13.0 Å². The molecular weight excluding hydrogens is 257 g/mol. The minimum absolute atomic E-state index is 0.156. The highest BCUT2D eigenvalue weighted by Crippen LogP contribution is 2.21. The van der Waals surface area contributed by atoms with E-state index in [9.17, 15) is 13.2 Å². The molecule has 1 heterocycles. The number of piperazine rings is 1. The van der Waals surface area contributed by atoms with Crippen LogP contribution in [0.1, 0.15) is 20.3 Å². The Bertz CT molecular complexity index is 307. The molecule has 1 saturated heterocycles. The standard InChI is InChI=1S/C12H23F3N4/c1-11(2,10(16)17)3-4-18-5-7-19(8-6-18)9-12(13,14)15/h3-9H2,1-2H3,(H3,16,17). The highest BCUT2D eigenvalue weighted by atomic mass is 19.4. The number of amidine groups is 1. The van der Waals surface area contributed by atoms with E-state index in [4.69, 9.17) is 11.1 Å². The van der Waals surface area contributed by atoms with Crippen LogP contribution in [0.2, 0.25) is 0 Å². The second-order valence-corrected chi connectivity index (χ2v) is 5.78. The van der Waals surface area contributed by atoms with Gasteiger partial charge in [0.15, 0.2) is 0 Å². The van der Waals surface area contributed by atoms with E-state index in [0.717, 1.165) is 13.0 Å². The Morgan fingerprint density at radius 3 is 2.00 bits per heavy atom. The maximum atomic E-state index is 12.2. The van der Waals surface area contributed by atoms with Gasteiger partial charge in [-0.2, -0.15) is 13.2 Å². The van der Waals surface area contributed by atoms with Crippen molar-refractivity contribution < 1.29 is 13.2 Å². The number of alkyl halides is 3. The third-order valence-corrected chi connectivity index (χ3v) is 3.65. The van der Waals surface area contributed by atoms with Crippen molar-refractivity contribution in [3.05, 3.63) is 0 Å². The van der Waals surface area contributed by atoms with Crippen LogP contribution in [-0.2, 0) is 0 Å². The lowest BCUT2D eigenvalue weighted by molar-refractivity contribution is -0.149. The van der Waals surface area contributed by atoms with Gasteiger partial charge in [0.1, 0.15) is 0 Å². The van der Waals surface area contributed by atoms with Crippen LogP contribution in [-0.4, -0.2) is 61.1 Å². The molecule has 0 radical (unpaired) electrons. The van der Waals surface area contributed by atoms with Gasteiger partial charge >= 0.3 is 6.18 Å². The number of hydrogen-bond donors (Lipinski definition) is 2. The lowest BCUT2D eigenvalue weighted by atomic mass is 9.88. The number of nitrogens with two attached hydrogens (primary N) is 1. The fourth-order valence-electron chi connectivity index (χ4n) is 2.00. The predicted molar refractivity (Wildman–Crippen MR) is 69.2 cm³/mol. The Labute approximate surface area is 112 Å². The van der Waals surface area contributed by atoms with Crippen molar-refractivity contribution in [2.45, 2.75) is 26.4 Å². The average molecular weight is 280 g/mol. The van der Waals surface area contributed by atoms with Gasteiger partial charge in [-0.3, -0.25) is 10.3 Å². The molecule has 0 aromatic heterocycles. The van der Waals surface area contributed by atoms with E-state index in [1.807, 2.05) is 13.8 Å². The minimum atomic E-state index is -4.11. The van der Waals surface area contributed by atoms with Gasteiger partial charge in [-0.15, -0.1) is 0 Å². The van der Waals surface area contributed by atoms with Gasteiger partial charge in [0.25, 0.3) is 0 Å². The summed E-state index contributed by atoms with van der Waals surface area (Å²) in [5.74, 6) is 0.156. The SMILES string of the molecule is CC(C)(CCN1CCN(CC(F)(F)F)CC1)C(=N)N. The van der Waals surface area contributed by atoms with Gasteiger partial charge < -0.3 is 10.6 Å². The third kappa shape index (κ3) is 5.78. The zero-order chi connectivity index (χ0) is 14.7. The predicted octanol–water partition coefficient (Wildman–Crippen LogP) is 1.52. The Morgan fingerprint density at radius 2 is 1.58 bits per heavy atom. The summed E-state index contributed by atoms with van der Waals surface area (Å²) in [5.41, 5.74) is 5.16. The first-order valence-electron chi connectivity index (χ1n) is 6.46. The Kier molecular flexibility index (Phi) is 5.20. The van der Waals surface area contributed by atoms with E-state index in [0.29, 0.717) is 26.2 Å². The normalized spacial score (nSPS) is 19.6. The molecule has 4 nitrogen and oxygen atoms in total. The minimum Gasteiger partial charge on any atom is -0.387 e. The highest BCUT2D eigenvalue weighted by molar-refractivity contribution is 5.82. The molecule has 1 rings (SSSR count). The second kappa shape index (κ2) is 6.09. The summed E-state index contributed by atoms with van der Waals surface area (Å²) in [4.78, 5) is 3.57. The summed E-state index contributed by atoms with van der Waals surface area (Å²) in [6.45, 7) is 5.95. The van der Waals surface area contributed by atoms with Gasteiger partial charge in [0, 0.05) is 31.6 Å². The van der Waals surface area contributed by atoms with E-state index in [1.54, 1.807) is 0 Å². The summed E-state index contributed by atoms with van der Waals surface area (Å²) in [7, 11) is 0. The van der Waals surface area contributed by atoms with Crippen LogP contribution < -0.4 is 5.73 Å². The monoisotopic (exact) mass is 280 g/mol. The Hall–Kier alpha value is -0.820. The van der Waals surface area contributed by atoms with Gasteiger partial charge in [-0.1, -0.05) is 13.8 Å². The van der Waals surface area contributed by atoms with Gasteiger partial charge in [0.05, 0.1) is 12.4 Å². The molecule has 3 N–H and O–H groups in total. The number of nitrogens with zero attached hydrogens (tertiary/aromatic N) is 2. The van der Waals surface area contributed by atoms with Crippen LogP contribution in [0.15, 0.2) is 0 Å². The van der Waals surface area contributed by atoms with Crippen molar-refractivity contribution in [3.63, 3.8) is 0 Å². The lowest BCUT2D eigenvalue weighted by Gasteiger charge is -2.36. The van der Waals surface area contributed by atoms with Crippen molar-refractivity contribution in [1.82, 2.24) is 9.80 Å². The molecule has 1 aliphatic heterocycles. The molecule has 1 aliphatic rings. The molecule has 0 atom stereocenters. The quantitative estimate of drug-likeness (QED) is 0.593. The zero-order valence-corrected chi connectivity index (χ0v) is 11.6. The van der Waals surface area contributed by atoms with E-state index >= 15 is 0 Å². The maximum absolute atomic E-state index is 12.2. The third-order valence-electron chi connectivity index (χ3n) is 3.65. The number of rotatable bonds is 5. The number of nitrogens with one attached hydrogen (secondary N) is 1. The molecule has 0 spiro atoms. The smallest absolute Gasteiger partial charge is 0.387 e. The van der Waals surface area contributed by atoms with Crippen LogP contribution in [0.5, 0.6) is 0 Å². The molecule has 0 aliphatic carbocycles. The summed E-state index contributed by atoms with van der Waals surface area (Å²) in [5, 5.41) is 7.47. The summed E-state index contributed by atoms with van der Waals surface area (Å²) >= 11 is 0. The molecule has 0 aromatic rings. The van der Waals surface area contributed by atoms with Crippen LogP contribution in [0.4, 0.5) is 13.2 Å². The van der Waals surface area contributed by atoms with Crippen LogP contribution >= 0.6 is 0 Å². The Balaban J connectivity index is 2.29. The van der Waals surface area contributed by atoms with E-state index in [-0.39, 0.29) is 11.3 Å². The van der Waals surface area contributed by atoms with Gasteiger partial charge in [-0.25, -0.2) is 0 Å². The highest BCUT2D eigenvalue weighted by Gasteiger charge is 2.32. The lowest BCUT2D eigenvalue weighted by Crippen LogP contribution is -2.50. The largest absolute Gasteiger partial charge is 0.401 e.